The fourth-order valence-corrected chi connectivity index (χ4v) is 2.70. The Hall–Kier alpha value is -3.41. The highest BCUT2D eigenvalue weighted by Crippen LogP contribution is 2.20. The number of aromatic nitrogens is 2. The zero-order valence-electron chi connectivity index (χ0n) is 17.0. The Bertz CT molecular complexity index is 943. The van der Waals surface area contributed by atoms with Crippen molar-refractivity contribution in [1.82, 2.24) is 9.97 Å². The van der Waals surface area contributed by atoms with Crippen LogP contribution in [0.3, 0.4) is 0 Å². The summed E-state index contributed by atoms with van der Waals surface area (Å²) in [6.07, 6.45) is 0.943. The average molecular weight is 390 g/mol. The standard InChI is InChI=1S/C23H26N4O2/c1-4-16(3)24-21-15-20(26-22(27-21)17-9-7-6-8-10-17)23(28)25-18-11-13-19(14-12-18)29-5-2/h6-16H,4-5H2,1-3H3,(H,25,28)(H,24,26,27). The minimum Gasteiger partial charge on any atom is -0.494 e. The molecule has 3 aromatic rings. The maximum Gasteiger partial charge on any atom is 0.274 e. The van der Waals surface area contributed by atoms with Crippen molar-refractivity contribution >= 4 is 17.4 Å². The molecule has 0 aliphatic carbocycles. The molecule has 1 heterocycles. The molecule has 0 fully saturated rings. The quantitative estimate of drug-likeness (QED) is 0.566. The second-order valence-electron chi connectivity index (χ2n) is 6.69. The second kappa shape index (κ2) is 9.68. The van der Waals surface area contributed by atoms with Crippen LogP contribution in [0.2, 0.25) is 0 Å². The zero-order chi connectivity index (χ0) is 20.6. The van der Waals surface area contributed by atoms with Gasteiger partial charge in [0.1, 0.15) is 17.3 Å². The Morgan fingerprint density at radius 2 is 1.76 bits per heavy atom. The van der Waals surface area contributed by atoms with E-state index in [1.165, 1.54) is 0 Å². The van der Waals surface area contributed by atoms with E-state index >= 15 is 0 Å². The smallest absolute Gasteiger partial charge is 0.274 e. The van der Waals surface area contributed by atoms with Crippen molar-refractivity contribution in [3.8, 4) is 17.1 Å². The third-order valence-electron chi connectivity index (χ3n) is 4.42. The summed E-state index contributed by atoms with van der Waals surface area (Å²) >= 11 is 0. The molecular formula is C23H26N4O2. The molecule has 0 aliphatic rings. The Morgan fingerprint density at radius 3 is 2.41 bits per heavy atom. The average Bonchev–Trinajstić information content (AvgIpc) is 2.75. The van der Waals surface area contributed by atoms with Crippen LogP contribution in [0, 0.1) is 0 Å². The first-order valence-corrected chi connectivity index (χ1v) is 9.84. The molecule has 0 spiro atoms. The molecule has 6 nitrogen and oxygen atoms in total. The molecule has 0 radical (unpaired) electrons. The van der Waals surface area contributed by atoms with E-state index in [0.29, 0.717) is 29.6 Å². The van der Waals surface area contributed by atoms with Gasteiger partial charge in [-0.15, -0.1) is 0 Å². The molecule has 0 saturated heterocycles. The van der Waals surface area contributed by atoms with Crippen LogP contribution in [0.15, 0.2) is 60.7 Å². The number of benzene rings is 2. The van der Waals surface area contributed by atoms with Crippen molar-refractivity contribution in [3.63, 3.8) is 0 Å². The topological polar surface area (TPSA) is 76.1 Å². The number of rotatable bonds is 8. The first-order chi connectivity index (χ1) is 14.1. The van der Waals surface area contributed by atoms with Gasteiger partial charge in [-0.1, -0.05) is 37.3 Å². The van der Waals surface area contributed by atoms with Gasteiger partial charge < -0.3 is 15.4 Å². The van der Waals surface area contributed by atoms with E-state index in [0.717, 1.165) is 17.7 Å². The Balaban J connectivity index is 1.87. The number of carbonyl (C=O) groups excluding carboxylic acids is 1. The Morgan fingerprint density at radius 1 is 1.03 bits per heavy atom. The van der Waals surface area contributed by atoms with Gasteiger partial charge in [-0.25, -0.2) is 9.97 Å². The number of anilines is 2. The van der Waals surface area contributed by atoms with Gasteiger partial charge in [0.25, 0.3) is 5.91 Å². The first kappa shape index (κ1) is 20.3. The van der Waals surface area contributed by atoms with Crippen LogP contribution in [0.25, 0.3) is 11.4 Å². The molecule has 1 aromatic heterocycles. The van der Waals surface area contributed by atoms with E-state index in [9.17, 15) is 4.79 Å². The van der Waals surface area contributed by atoms with Crippen LogP contribution in [0.4, 0.5) is 11.5 Å². The maximum atomic E-state index is 12.9. The molecular weight excluding hydrogens is 364 g/mol. The summed E-state index contributed by atoms with van der Waals surface area (Å²) in [5, 5.41) is 6.22. The number of ether oxygens (including phenoxy) is 1. The largest absolute Gasteiger partial charge is 0.494 e. The first-order valence-electron chi connectivity index (χ1n) is 9.84. The molecule has 0 bridgehead atoms. The summed E-state index contributed by atoms with van der Waals surface area (Å²) in [5.41, 5.74) is 1.84. The summed E-state index contributed by atoms with van der Waals surface area (Å²) < 4.78 is 5.44. The zero-order valence-corrected chi connectivity index (χ0v) is 17.0. The molecule has 6 heteroatoms. The lowest BCUT2D eigenvalue weighted by Gasteiger charge is -2.14. The van der Waals surface area contributed by atoms with E-state index in [4.69, 9.17) is 4.74 Å². The molecule has 150 valence electrons. The molecule has 1 unspecified atom stereocenters. The Labute approximate surface area is 171 Å². The fourth-order valence-electron chi connectivity index (χ4n) is 2.70. The van der Waals surface area contributed by atoms with Crippen molar-refractivity contribution in [1.29, 1.82) is 0 Å². The van der Waals surface area contributed by atoms with Crippen molar-refractivity contribution in [2.24, 2.45) is 0 Å². The minimum atomic E-state index is -0.291. The fraction of sp³-hybridized carbons (Fsp3) is 0.261. The predicted molar refractivity (Wildman–Crippen MR) is 116 cm³/mol. The van der Waals surface area contributed by atoms with Crippen molar-refractivity contribution in [2.75, 3.05) is 17.2 Å². The van der Waals surface area contributed by atoms with E-state index < -0.39 is 0 Å². The van der Waals surface area contributed by atoms with Crippen molar-refractivity contribution < 1.29 is 9.53 Å². The van der Waals surface area contributed by atoms with Crippen LogP contribution < -0.4 is 15.4 Å². The predicted octanol–water partition coefficient (Wildman–Crippen LogP) is 5.01. The van der Waals surface area contributed by atoms with E-state index in [1.807, 2.05) is 49.4 Å². The summed E-state index contributed by atoms with van der Waals surface area (Å²) in [6.45, 7) is 6.70. The summed E-state index contributed by atoms with van der Waals surface area (Å²) in [4.78, 5) is 21.9. The molecule has 2 aromatic carbocycles. The van der Waals surface area contributed by atoms with Crippen LogP contribution >= 0.6 is 0 Å². The molecule has 0 aliphatic heterocycles. The lowest BCUT2D eigenvalue weighted by atomic mass is 10.2. The highest BCUT2D eigenvalue weighted by atomic mass is 16.5. The molecule has 1 atom stereocenters. The van der Waals surface area contributed by atoms with Crippen LogP contribution in [-0.4, -0.2) is 28.5 Å². The van der Waals surface area contributed by atoms with Gasteiger partial charge in [-0.05, 0) is 44.5 Å². The molecule has 3 rings (SSSR count). The molecule has 29 heavy (non-hydrogen) atoms. The van der Waals surface area contributed by atoms with Crippen LogP contribution in [0.1, 0.15) is 37.7 Å². The highest BCUT2D eigenvalue weighted by Gasteiger charge is 2.14. The van der Waals surface area contributed by atoms with Gasteiger partial charge in [0.05, 0.1) is 6.61 Å². The summed E-state index contributed by atoms with van der Waals surface area (Å²) in [7, 11) is 0. The SMILES string of the molecule is CCOc1ccc(NC(=O)c2cc(NC(C)CC)nc(-c3ccccc3)n2)cc1. The number of carbonyl (C=O) groups is 1. The van der Waals surface area contributed by atoms with Gasteiger partial charge in [-0.2, -0.15) is 0 Å². The normalized spacial score (nSPS) is 11.6. The molecule has 0 saturated carbocycles. The number of hydrogen-bond donors (Lipinski definition) is 2. The van der Waals surface area contributed by atoms with Gasteiger partial charge in [0.2, 0.25) is 0 Å². The minimum absolute atomic E-state index is 0.232. The van der Waals surface area contributed by atoms with Crippen LogP contribution in [0.5, 0.6) is 5.75 Å². The van der Waals surface area contributed by atoms with Gasteiger partial charge in [0, 0.05) is 23.4 Å². The highest BCUT2D eigenvalue weighted by molar-refractivity contribution is 6.03. The maximum absolute atomic E-state index is 12.9. The summed E-state index contributed by atoms with van der Waals surface area (Å²) in [6, 6.07) is 18.8. The third-order valence-corrected chi connectivity index (χ3v) is 4.42. The second-order valence-corrected chi connectivity index (χ2v) is 6.69. The number of nitrogens with zero attached hydrogens (tertiary/aromatic N) is 2. The molecule has 1 amide bonds. The third kappa shape index (κ3) is 5.54. The Kier molecular flexibility index (Phi) is 6.79. The lowest BCUT2D eigenvalue weighted by Crippen LogP contribution is -2.18. The number of amides is 1. The van der Waals surface area contributed by atoms with E-state index in [2.05, 4.69) is 34.4 Å². The summed E-state index contributed by atoms with van der Waals surface area (Å²) in [5.74, 6) is 1.61. The van der Waals surface area contributed by atoms with Gasteiger partial charge in [-0.3, -0.25) is 4.79 Å². The van der Waals surface area contributed by atoms with E-state index in [1.54, 1.807) is 18.2 Å². The van der Waals surface area contributed by atoms with Gasteiger partial charge >= 0.3 is 0 Å². The lowest BCUT2D eigenvalue weighted by molar-refractivity contribution is 0.102. The van der Waals surface area contributed by atoms with Crippen molar-refractivity contribution in [2.45, 2.75) is 33.2 Å². The number of nitrogens with one attached hydrogen (secondary N) is 2. The number of hydrogen-bond acceptors (Lipinski definition) is 5. The monoisotopic (exact) mass is 390 g/mol. The van der Waals surface area contributed by atoms with Crippen molar-refractivity contribution in [3.05, 3.63) is 66.4 Å². The van der Waals surface area contributed by atoms with Crippen LogP contribution in [-0.2, 0) is 0 Å². The molecule has 2 N–H and O–H groups in total. The van der Waals surface area contributed by atoms with E-state index in [-0.39, 0.29) is 11.9 Å². The van der Waals surface area contributed by atoms with Gasteiger partial charge in [0.15, 0.2) is 5.82 Å².